The summed E-state index contributed by atoms with van der Waals surface area (Å²) in [6, 6.07) is 7.39. The molecule has 0 unspecified atom stereocenters. The molecule has 20 heavy (non-hydrogen) atoms. The Bertz CT molecular complexity index is 749. The van der Waals surface area contributed by atoms with Gasteiger partial charge in [-0.05, 0) is 30.7 Å². The van der Waals surface area contributed by atoms with Crippen LogP contribution in [-0.4, -0.2) is 20.3 Å². The van der Waals surface area contributed by atoms with Crippen molar-refractivity contribution in [3.63, 3.8) is 0 Å². The fourth-order valence-electron chi connectivity index (χ4n) is 2.09. The van der Waals surface area contributed by atoms with Gasteiger partial charge in [-0.15, -0.1) is 0 Å². The van der Waals surface area contributed by atoms with Gasteiger partial charge in [-0.1, -0.05) is 6.07 Å². The Kier molecular flexibility index (Phi) is 3.16. The van der Waals surface area contributed by atoms with E-state index in [-0.39, 0.29) is 5.91 Å². The summed E-state index contributed by atoms with van der Waals surface area (Å²) in [6.45, 7) is 2.36. The van der Waals surface area contributed by atoms with Crippen LogP contribution in [0.2, 0.25) is 0 Å². The Morgan fingerprint density at radius 1 is 1.35 bits per heavy atom. The van der Waals surface area contributed by atoms with Gasteiger partial charge in [0.15, 0.2) is 0 Å². The molecule has 0 aromatic carbocycles. The second-order valence-electron chi connectivity index (χ2n) is 4.58. The Balaban J connectivity index is 1.82. The largest absolute Gasteiger partial charge is 0.348 e. The molecule has 5 nitrogen and oxygen atoms in total. The first-order valence-corrected chi connectivity index (χ1v) is 6.35. The summed E-state index contributed by atoms with van der Waals surface area (Å²) in [5.74, 6) is -0.134. The Morgan fingerprint density at radius 3 is 3.05 bits per heavy atom. The van der Waals surface area contributed by atoms with Crippen molar-refractivity contribution in [2.24, 2.45) is 0 Å². The lowest BCUT2D eigenvalue weighted by molar-refractivity contribution is 0.0952. The molecular formula is C15H14N4O. The molecule has 0 saturated heterocycles. The highest BCUT2D eigenvalue weighted by atomic mass is 16.1. The summed E-state index contributed by atoms with van der Waals surface area (Å²) >= 11 is 0. The summed E-state index contributed by atoms with van der Waals surface area (Å²) in [7, 11) is 0. The summed E-state index contributed by atoms with van der Waals surface area (Å²) < 4.78 is 1.86. The number of hydrogen-bond acceptors (Lipinski definition) is 3. The number of aryl methyl sites for hydroxylation is 1. The molecule has 0 fully saturated rings. The van der Waals surface area contributed by atoms with Crippen LogP contribution in [0.3, 0.4) is 0 Å². The molecule has 0 atom stereocenters. The minimum atomic E-state index is -0.134. The van der Waals surface area contributed by atoms with Crippen LogP contribution in [0.15, 0.2) is 49.1 Å². The van der Waals surface area contributed by atoms with E-state index < -0.39 is 0 Å². The zero-order valence-corrected chi connectivity index (χ0v) is 11.1. The van der Waals surface area contributed by atoms with Gasteiger partial charge < -0.3 is 9.72 Å². The molecule has 3 aromatic heterocycles. The lowest BCUT2D eigenvalue weighted by Gasteiger charge is -2.06. The second-order valence-corrected chi connectivity index (χ2v) is 4.58. The fourth-order valence-corrected chi connectivity index (χ4v) is 2.09. The van der Waals surface area contributed by atoms with E-state index in [1.54, 1.807) is 18.5 Å². The number of pyridine rings is 2. The standard InChI is InChI=1S/C15H14N4O/c1-11-10-19-7-3-5-13(14(19)18-11)15(20)17-9-12-4-2-6-16-8-12/h2-8,10H,9H2,1H3,(H,17,20). The number of amides is 1. The molecule has 3 rings (SSSR count). The van der Waals surface area contributed by atoms with Crippen molar-refractivity contribution < 1.29 is 4.79 Å². The highest BCUT2D eigenvalue weighted by Gasteiger charge is 2.11. The zero-order chi connectivity index (χ0) is 13.9. The van der Waals surface area contributed by atoms with E-state index in [1.807, 2.05) is 41.9 Å². The number of hydrogen-bond donors (Lipinski definition) is 1. The molecule has 5 heteroatoms. The van der Waals surface area contributed by atoms with E-state index in [1.165, 1.54) is 0 Å². The number of fused-ring (bicyclic) bond motifs is 1. The molecule has 3 aromatic rings. The minimum Gasteiger partial charge on any atom is -0.348 e. The monoisotopic (exact) mass is 266 g/mol. The third kappa shape index (κ3) is 2.38. The van der Waals surface area contributed by atoms with E-state index in [2.05, 4.69) is 15.3 Å². The van der Waals surface area contributed by atoms with Crippen molar-refractivity contribution in [2.75, 3.05) is 0 Å². The number of nitrogens with zero attached hydrogens (tertiary/aromatic N) is 3. The summed E-state index contributed by atoms with van der Waals surface area (Å²) in [5.41, 5.74) is 3.10. The second kappa shape index (κ2) is 5.13. The van der Waals surface area contributed by atoms with Gasteiger partial charge in [0.05, 0.1) is 11.3 Å². The van der Waals surface area contributed by atoms with Crippen molar-refractivity contribution in [1.29, 1.82) is 0 Å². The van der Waals surface area contributed by atoms with Crippen molar-refractivity contribution in [2.45, 2.75) is 13.5 Å². The molecule has 0 aliphatic carbocycles. The van der Waals surface area contributed by atoms with E-state index in [0.717, 1.165) is 11.3 Å². The van der Waals surface area contributed by atoms with Crippen LogP contribution >= 0.6 is 0 Å². The molecule has 0 saturated carbocycles. The van der Waals surface area contributed by atoms with E-state index in [0.29, 0.717) is 17.8 Å². The van der Waals surface area contributed by atoms with E-state index >= 15 is 0 Å². The Labute approximate surface area is 116 Å². The van der Waals surface area contributed by atoms with Gasteiger partial charge >= 0.3 is 0 Å². The molecule has 1 amide bonds. The molecular weight excluding hydrogens is 252 g/mol. The van der Waals surface area contributed by atoms with Crippen molar-refractivity contribution in [3.05, 3.63) is 65.9 Å². The number of nitrogens with one attached hydrogen (secondary N) is 1. The first kappa shape index (κ1) is 12.3. The van der Waals surface area contributed by atoms with Crippen LogP contribution in [0.5, 0.6) is 0 Å². The average Bonchev–Trinajstić information content (AvgIpc) is 2.85. The molecule has 0 bridgehead atoms. The molecule has 0 spiro atoms. The van der Waals surface area contributed by atoms with Crippen LogP contribution in [0, 0.1) is 6.92 Å². The normalized spacial score (nSPS) is 10.7. The lowest BCUT2D eigenvalue weighted by atomic mass is 10.2. The van der Waals surface area contributed by atoms with Gasteiger partial charge in [0.1, 0.15) is 5.65 Å². The van der Waals surface area contributed by atoms with Crippen LogP contribution in [0.4, 0.5) is 0 Å². The predicted molar refractivity (Wildman–Crippen MR) is 75.3 cm³/mol. The number of carbonyl (C=O) groups excluding carboxylic acids is 1. The Morgan fingerprint density at radius 2 is 2.25 bits per heavy atom. The maximum Gasteiger partial charge on any atom is 0.255 e. The molecule has 3 heterocycles. The van der Waals surface area contributed by atoms with Crippen LogP contribution in [0.1, 0.15) is 21.6 Å². The summed E-state index contributed by atoms with van der Waals surface area (Å²) in [4.78, 5) is 20.7. The van der Waals surface area contributed by atoms with Gasteiger partial charge in [0.25, 0.3) is 5.91 Å². The van der Waals surface area contributed by atoms with Crippen LogP contribution in [0.25, 0.3) is 5.65 Å². The van der Waals surface area contributed by atoms with Crippen LogP contribution < -0.4 is 5.32 Å². The maximum atomic E-state index is 12.3. The van der Waals surface area contributed by atoms with Crippen LogP contribution in [-0.2, 0) is 6.54 Å². The minimum absolute atomic E-state index is 0.134. The van der Waals surface area contributed by atoms with Gasteiger partial charge in [-0.25, -0.2) is 4.98 Å². The summed E-state index contributed by atoms with van der Waals surface area (Å²) in [5, 5.41) is 2.88. The molecule has 0 aliphatic heterocycles. The molecule has 100 valence electrons. The number of carbonyl (C=O) groups is 1. The highest BCUT2D eigenvalue weighted by Crippen LogP contribution is 2.11. The topological polar surface area (TPSA) is 59.3 Å². The van der Waals surface area contributed by atoms with Crippen molar-refractivity contribution in [3.8, 4) is 0 Å². The zero-order valence-electron chi connectivity index (χ0n) is 11.1. The highest BCUT2D eigenvalue weighted by molar-refractivity contribution is 5.99. The van der Waals surface area contributed by atoms with E-state index in [9.17, 15) is 4.79 Å². The number of aromatic nitrogens is 3. The van der Waals surface area contributed by atoms with Gasteiger partial charge in [-0.3, -0.25) is 9.78 Å². The first-order chi connectivity index (χ1) is 9.74. The molecule has 1 N–H and O–H groups in total. The number of imidazole rings is 1. The predicted octanol–water partition coefficient (Wildman–Crippen LogP) is 1.97. The molecule has 0 radical (unpaired) electrons. The number of rotatable bonds is 3. The quantitative estimate of drug-likeness (QED) is 0.788. The third-order valence-electron chi connectivity index (χ3n) is 3.02. The maximum absolute atomic E-state index is 12.3. The van der Waals surface area contributed by atoms with Gasteiger partial charge in [-0.2, -0.15) is 0 Å². The molecule has 0 aliphatic rings. The smallest absolute Gasteiger partial charge is 0.255 e. The van der Waals surface area contributed by atoms with Crippen molar-refractivity contribution >= 4 is 11.6 Å². The fraction of sp³-hybridized carbons (Fsp3) is 0.133. The average molecular weight is 266 g/mol. The SMILES string of the molecule is Cc1cn2cccc(C(=O)NCc3cccnc3)c2n1. The Hall–Kier alpha value is -2.69. The van der Waals surface area contributed by atoms with E-state index in [4.69, 9.17) is 0 Å². The van der Waals surface area contributed by atoms with Gasteiger partial charge in [0, 0.05) is 31.3 Å². The summed E-state index contributed by atoms with van der Waals surface area (Å²) in [6.07, 6.45) is 7.22. The third-order valence-corrected chi connectivity index (χ3v) is 3.02. The van der Waals surface area contributed by atoms with Gasteiger partial charge in [0.2, 0.25) is 0 Å². The lowest BCUT2D eigenvalue weighted by Crippen LogP contribution is -2.23. The first-order valence-electron chi connectivity index (χ1n) is 6.35. The van der Waals surface area contributed by atoms with Crippen molar-refractivity contribution in [1.82, 2.24) is 19.7 Å².